The molecule has 0 aliphatic carbocycles. The van der Waals surface area contributed by atoms with E-state index in [0.717, 1.165) is 4.90 Å². The molecule has 0 saturated carbocycles. The summed E-state index contributed by atoms with van der Waals surface area (Å²) in [5.41, 5.74) is 1.23. The summed E-state index contributed by atoms with van der Waals surface area (Å²) in [5, 5.41) is 5.13. The highest BCUT2D eigenvalue weighted by atomic mass is 16.2. The van der Waals surface area contributed by atoms with Gasteiger partial charge in [0.25, 0.3) is 11.8 Å². The highest BCUT2D eigenvalue weighted by Gasteiger charge is 2.42. The third kappa shape index (κ3) is 2.14. The largest absolute Gasteiger partial charge is 0.387 e. The lowest BCUT2D eigenvalue weighted by molar-refractivity contribution is -0.129. The molecule has 1 atom stereocenters. The minimum Gasteiger partial charge on any atom is -0.387 e. The van der Waals surface area contributed by atoms with Crippen LogP contribution < -0.4 is 10.6 Å². The van der Waals surface area contributed by atoms with Crippen LogP contribution in [0.5, 0.6) is 0 Å². The Hall–Kier alpha value is -2.70. The number of benzene rings is 1. The van der Waals surface area contributed by atoms with Crippen molar-refractivity contribution in [2.24, 2.45) is 0 Å². The van der Waals surface area contributed by atoms with Gasteiger partial charge < -0.3 is 5.32 Å². The first-order valence-corrected chi connectivity index (χ1v) is 7.04. The van der Waals surface area contributed by atoms with Crippen LogP contribution in [0.25, 0.3) is 0 Å². The minimum absolute atomic E-state index is 0.0495. The van der Waals surface area contributed by atoms with Crippen LogP contribution in [0.1, 0.15) is 40.0 Å². The van der Waals surface area contributed by atoms with E-state index in [-0.39, 0.29) is 25.2 Å². The number of carbonyl (C=O) groups excluding carboxylic acids is 4. The lowest BCUT2D eigenvalue weighted by Gasteiger charge is -2.23. The molecule has 1 fully saturated rings. The summed E-state index contributed by atoms with van der Waals surface area (Å²) >= 11 is 0. The average Bonchev–Trinajstić information content (AvgIpc) is 2.64. The number of fused-ring (bicyclic) bond motifs is 1. The fraction of sp³-hybridized carbons (Fsp3) is 0.333. The number of amides is 4. The Bertz CT molecular complexity index is 698. The Morgan fingerprint density at radius 3 is 2.64 bits per heavy atom. The second-order valence-corrected chi connectivity index (χ2v) is 5.33. The third-order valence-corrected chi connectivity index (χ3v) is 3.99. The molecule has 0 bridgehead atoms. The quantitative estimate of drug-likeness (QED) is 0.776. The molecular weight excluding hydrogens is 286 g/mol. The van der Waals surface area contributed by atoms with Gasteiger partial charge in [-0.1, -0.05) is 6.07 Å². The second kappa shape index (κ2) is 5.25. The first-order chi connectivity index (χ1) is 10.5. The zero-order valence-electron chi connectivity index (χ0n) is 12.0. The molecule has 22 heavy (non-hydrogen) atoms. The molecule has 2 N–H and O–H groups in total. The fourth-order valence-corrected chi connectivity index (χ4v) is 2.95. The number of carbonyl (C=O) groups is 4. The van der Waals surface area contributed by atoms with Crippen LogP contribution in [0.3, 0.4) is 0 Å². The predicted molar refractivity (Wildman–Crippen MR) is 77.3 cm³/mol. The van der Waals surface area contributed by atoms with Crippen molar-refractivity contribution in [1.82, 2.24) is 10.2 Å². The SMILES string of the molecule is CNc1cccc2c1C(=O)N(C1CCC(=O)NC(=O)C1)C2=O. The maximum Gasteiger partial charge on any atom is 0.263 e. The van der Waals surface area contributed by atoms with Gasteiger partial charge in [-0.05, 0) is 18.6 Å². The van der Waals surface area contributed by atoms with Crippen molar-refractivity contribution in [2.75, 3.05) is 12.4 Å². The molecule has 0 aromatic heterocycles. The zero-order chi connectivity index (χ0) is 15.9. The van der Waals surface area contributed by atoms with E-state index in [2.05, 4.69) is 10.6 Å². The van der Waals surface area contributed by atoms with Gasteiger partial charge >= 0.3 is 0 Å². The monoisotopic (exact) mass is 301 g/mol. The molecule has 7 heteroatoms. The van der Waals surface area contributed by atoms with Gasteiger partial charge in [-0.25, -0.2) is 0 Å². The summed E-state index contributed by atoms with van der Waals surface area (Å²) in [6, 6.07) is 4.42. The van der Waals surface area contributed by atoms with E-state index in [9.17, 15) is 19.2 Å². The molecule has 0 radical (unpaired) electrons. The lowest BCUT2D eigenvalue weighted by atomic mass is 10.1. The van der Waals surface area contributed by atoms with E-state index >= 15 is 0 Å². The number of imide groups is 2. The van der Waals surface area contributed by atoms with Crippen molar-refractivity contribution in [2.45, 2.75) is 25.3 Å². The minimum atomic E-state index is -0.594. The van der Waals surface area contributed by atoms with Crippen molar-refractivity contribution < 1.29 is 19.2 Å². The summed E-state index contributed by atoms with van der Waals surface area (Å²) in [6.07, 6.45) is 0.354. The van der Waals surface area contributed by atoms with Crippen molar-refractivity contribution in [3.63, 3.8) is 0 Å². The van der Waals surface area contributed by atoms with E-state index in [4.69, 9.17) is 0 Å². The standard InChI is InChI=1S/C15H15N3O4/c1-16-10-4-2-3-9-13(10)15(22)18(14(9)21)8-5-6-11(19)17-12(20)7-8/h2-4,8,16H,5-7H2,1H3,(H,17,19,20). The summed E-state index contributed by atoms with van der Waals surface area (Å²) in [5.74, 6) is -1.67. The molecule has 7 nitrogen and oxygen atoms in total. The normalized spacial score (nSPS) is 21.5. The van der Waals surface area contributed by atoms with E-state index < -0.39 is 23.8 Å². The molecule has 1 aromatic carbocycles. The van der Waals surface area contributed by atoms with Crippen LogP contribution >= 0.6 is 0 Å². The first kappa shape index (κ1) is 14.2. The summed E-state index contributed by atoms with van der Waals surface area (Å²) in [7, 11) is 1.67. The number of hydrogen-bond donors (Lipinski definition) is 2. The van der Waals surface area contributed by atoms with Gasteiger partial charge in [0.05, 0.1) is 11.1 Å². The van der Waals surface area contributed by atoms with Crippen molar-refractivity contribution in [3.05, 3.63) is 29.3 Å². The Balaban J connectivity index is 1.97. The molecule has 3 rings (SSSR count). The Morgan fingerprint density at radius 1 is 1.14 bits per heavy atom. The first-order valence-electron chi connectivity index (χ1n) is 7.04. The molecule has 2 aliphatic rings. The van der Waals surface area contributed by atoms with Gasteiger partial charge in [-0.3, -0.25) is 29.4 Å². The topological polar surface area (TPSA) is 95.6 Å². The summed E-state index contributed by atoms with van der Waals surface area (Å²) in [6.45, 7) is 0. The average molecular weight is 301 g/mol. The molecule has 1 aromatic rings. The highest BCUT2D eigenvalue weighted by Crippen LogP contribution is 2.32. The van der Waals surface area contributed by atoms with Crippen molar-refractivity contribution >= 4 is 29.3 Å². The van der Waals surface area contributed by atoms with Gasteiger partial charge in [-0.15, -0.1) is 0 Å². The molecule has 2 heterocycles. The molecule has 1 unspecified atom stereocenters. The number of rotatable bonds is 2. The van der Waals surface area contributed by atoms with E-state index in [1.807, 2.05) is 0 Å². The molecule has 4 amide bonds. The van der Waals surface area contributed by atoms with E-state index in [1.165, 1.54) is 0 Å². The number of nitrogens with one attached hydrogen (secondary N) is 2. The molecule has 114 valence electrons. The van der Waals surface area contributed by atoms with Gasteiger partial charge in [0.15, 0.2) is 0 Å². The fourth-order valence-electron chi connectivity index (χ4n) is 2.95. The maximum atomic E-state index is 12.6. The van der Waals surface area contributed by atoms with Crippen LogP contribution in [-0.4, -0.2) is 41.6 Å². The van der Waals surface area contributed by atoms with E-state index in [1.54, 1.807) is 25.2 Å². The van der Waals surface area contributed by atoms with Crippen LogP contribution in [0.2, 0.25) is 0 Å². The van der Waals surface area contributed by atoms with Crippen LogP contribution in [0, 0.1) is 0 Å². The molecule has 2 aliphatic heterocycles. The number of anilines is 1. The van der Waals surface area contributed by atoms with Gasteiger partial charge in [0, 0.05) is 31.6 Å². The van der Waals surface area contributed by atoms with Gasteiger partial charge in [-0.2, -0.15) is 0 Å². The summed E-state index contributed by atoms with van der Waals surface area (Å²) in [4.78, 5) is 49.4. The van der Waals surface area contributed by atoms with Crippen LogP contribution in [0.4, 0.5) is 5.69 Å². The summed E-state index contributed by atoms with van der Waals surface area (Å²) < 4.78 is 0. The smallest absolute Gasteiger partial charge is 0.263 e. The Kier molecular flexibility index (Phi) is 3.40. The van der Waals surface area contributed by atoms with Crippen LogP contribution in [0.15, 0.2) is 18.2 Å². The van der Waals surface area contributed by atoms with Crippen LogP contribution in [-0.2, 0) is 9.59 Å². The Morgan fingerprint density at radius 2 is 1.91 bits per heavy atom. The van der Waals surface area contributed by atoms with Crippen molar-refractivity contribution in [1.29, 1.82) is 0 Å². The molecule has 1 saturated heterocycles. The third-order valence-electron chi connectivity index (χ3n) is 3.99. The zero-order valence-corrected chi connectivity index (χ0v) is 12.0. The maximum absolute atomic E-state index is 12.6. The van der Waals surface area contributed by atoms with Gasteiger partial charge in [0.2, 0.25) is 11.8 Å². The number of hydrogen-bond acceptors (Lipinski definition) is 5. The van der Waals surface area contributed by atoms with E-state index in [0.29, 0.717) is 16.8 Å². The molecule has 0 spiro atoms. The second-order valence-electron chi connectivity index (χ2n) is 5.33. The predicted octanol–water partition coefficient (Wildman–Crippen LogP) is 0.520. The molecular formula is C15H15N3O4. The highest BCUT2D eigenvalue weighted by molar-refractivity contribution is 6.24. The number of nitrogens with zero attached hydrogens (tertiary/aromatic N) is 1. The lowest BCUT2D eigenvalue weighted by Crippen LogP contribution is -2.41. The van der Waals surface area contributed by atoms with Crippen molar-refractivity contribution in [3.8, 4) is 0 Å². The Labute approximate surface area is 126 Å². The van der Waals surface area contributed by atoms with Gasteiger partial charge in [0.1, 0.15) is 0 Å².